The molecule has 1 amide bonds. The molecule has 0 radical (unpaired) electrons. The first-order valence-corrected chi connectivity index (χ1v) is 7.83. The molecule has 2 aromatic carbocycles. The first kappa shape index (κ1) is 13.9. The minimum Gasteiger partial charge on any atom is -0.369 e. The molecule has 0 saturated carbocycles. The summed E-state index contributed by atoms with van der Waals surface area (Å²) >= 11 is 13.0. The van der Waals surface area contributed by atoms with E-state index in [9.17, 15) is 4.79 Å². The zero-order chi connectivity index (χ0) is 14.3. The van der Waals surface area contributed by atoms with E-state index < -0.39 is 6.04 Å². The van der Waals surface area contributed by atoms with Gasteiger partial charge in [-0.25, -0.2) is 0 Å². The Kier molecular flexibility index (Phi) is 3.75. The highest BCUT2D eigenvalue weighted by Crippen LogP contribution is 2.37. The van der Waals surface area contributed by atoms with Gasteiger partial charge in [-0.15, -0.1) is 0 Å². The number of rotatable bonds is 2. The molecule has 2 aromatic rings. The minimum atomic E-state index is -0.443. The second-order valence-corrected chi connectivity index (χ2v) is 6.66. The Labute approximate surface area is 138 Å². The van der Waals surface area contributed by atoms with Crippen LogP contribution in [0.5, 0.6) is 0 Å². The predicted molar refractivity (Wildman–Crippen MR) is 88.3 cm³/mol. The van der Waals surface area contributed by atoms with Crippen LogP contribution in [-0.4, -0.2) is 5.91 Å². The van der Waals surface area contributed by atoms with Crippen LogP contribution in [0.4, 0.5) is 11.4 Å². The first-order chi connectivity index (χ1) is 9.54. The summed E-state index contributed by atoms with van der Waals surface area (Å²) < 4.78 is 1.83. The van der Waals surface area contributed by atoms with Gasteiger partial charge in [-0.2, -0.15) is 0 Å². The van der Waals surface area contributed by atoms with Crippen LogP contribution in [0.3, 0.4) is 0 Å². The molecule has 1 aliphatic heterocycles. The Balaban J connectivity index is 1.95. The van der Waals surface area contributed by atoms with Crippen molar-refractivity contribution >= 4 is 60.7 Å². The molecule has 1 unspecified atom stereocenters. The van der Waals surface area contributed by atoms with Crippen molar-refractivity contribution in [2.24, 2.45) is 0 Å². The molecule has 0 aliphatic carbocycles. The molecule has 0 spiro atoms. The van der Waals surface area contributed by atoms with Crippen molar-refractivity contribution in [3.05, 3.63) is 55.9 Å². The van der Waals surface area contributed by atoms with E-state index in [1.165, 1.54) is 0 Å². The molecular formula is C14H9Br2ClN2O. The monoisotopic (exact) mass is 414 g/mol. The third kappa shape index (κ3) is 2.57. The fourth-order valence-electron chi connectivity index (χ4n) is 2.14. The maximum absolute atomic E-state index is 12.1. The van der Waals surface area contributed by atoms with E-state index in [2.05, 4.69) is 42.5 Å². The standard InChI is InChI=1S/C14H9Br2ClN2O/c15-7-1-3-11-9(5-7)13(14(20)19-11)18-12-4-2-8(16)6-10(12)17/h1-6,13,18H,(H,19,20). The van der Waals surface area contributed by atoms with E-state index in [1.807, 2.05) is 30.3 Å². The van der Waals surface area contributed by atoms with E-state index >= 15 is 0 Å². The van der Waals surface area contributed by atoms with Crippen molar-refractivity contribution in [2.45, 2.75) is 6.04 Å². The number of carbonyl (C=O) groups excluding carboxylic acids is 1. The Morgan fingerprint density at radius 3 is 2.55 bits per heavy atom. The summed E-state index contributed by atoms with van der Waals surface area (Å²) in [6.07, 6.45) is 0. The number of halogens is 3. The van der Waals surface area contributed by atoms with Gasteiger partial charge in [-0.1, -0.05) is 43.5 Å². The Morgan fingerprint density at radius 2 is 1.80 bits per heavy atom. The molecule has 6 heteroatoms. The SMILES string of the molecule is O=C1Nc2ccc(Br)cc2C1Nc1ccc(Br)cc1Cl. The average molecular weight is 416 g/mol. The molecular weight excluding hydrogens is 407 g/mol. The normalized spacial score (nSPS) is 16.8. The van der Waals surface area contributed by atoms with Gasteiger partial charge in [0.25, 0.3) is 5.91 Å². The van der Waals surface area contributed by atoms with Crippen LogP contribution in [0.2, 0.25) is 5.02 Å². The average Bonchev–Trinajstić information content (AvgIpc) is 2.69. The van der Waals surface area contributed by atoms with Crippen molar-refractivity contribution in [3.63, 3.8) is 0 Å². The summed E-state index contributed by atoms with van der Waals surface area (Å²) in [5.41, 5.74) is 2.45. The van der Waals surface area contributed by atoms with Crippen LogP contribution in [0.25, 0.3) is 0 Å². The van der Waals surface area contributed by atoms with Gasteiger partial charge in [-0.05, 0) is 36.4 Å². The fourth-order valence-corrected chi connectivity index (χ4v) is 3.24. The zero-order valence-electron chi connectivity index (χ0n) is 10.1. The van der Waals surface area contributed by atoms with Crippen LogP contribution < -0.4 is 10.6 Å². The predicted octanol–water partition coefficient (Wildman–Crippen LogP) is 4.97. The summed E-state index contributed by atoms with van der Waals surface area (Å²) in [6.45, 7) is 0. The van der Waals surface area contributed by atoms with Gasteiger partial charge in [0, 0.05) is 20.2 Å². The summed E-state index contributed by atoms with van der Waals surface area (Å²) in [7, 11) is 0. The number of fused-ring (bicyclic) bond motifs is 1. The molecule has 2 N–H and O–H groups in total. The highest BCUT2D eigenvalue weighted by atomic mass is 79.9. The Morgan fingerprint density at radius 1 is 1.10 bits per heavy atom. The highest BCUT2D eigenvalue weighted by molar-refractivity contribution is 9.10. The van der Waals surface area contributed by atoms with Crippen LogP contribution in [0, 0.1) is 0 Å². The maximum atomic E-state index is 12.1. The van der Waals surface area contributed by atoms with Gasteiger partial charge >= 0.3 is 0 Å². The molecule has 102 valence electrons. The highest BCUT2D eigenvalue weighted by Gasteiger charge is 2.30. The van der Waals surface area contributed by atoms with Crippen LogP contribution in [0.1, 0.15) is 11.6 Å². The lowest BCUT2D eigenvalue weighted by atomic mass is 10.1. The molecule has 0 aromatic heterocycles. The van der Waals surface area contributed by atoms with E-state index in [-0.39, 0.29) is 5.91 Å². The third-order valence-electron chi connectivity index (χ3n) is 3.08. The Bertz CT molecular complexity index is 706. The largest absolute Gasteiger partial charge is 0.369 e. The number of anilines is 2. The van der Waals surface area contributed by atoms with Crippen molar-refractivity contribution in [3.8, 4) is 0 Å². The van der Waals surface area contributed by atoms with E-state index in [0.29, 0.717) is 5.02 Å². The first-order valence-electron chi connectivity index (χ1n) is 5.86. The van der Waals surface area contributed by atoms with Crippen molar-refractivity contribution in [1.29, 1.82) is 0 Å². The second-order valence-electron chi connectivity index (χ2n) is 4.42. The van der Waals surface area contributed by atoms with Crippen molar-refractivity contribution in [1.82, 2.24) is 0 Å². The minimum absolute atomic E-state index is 0.0860. The van der Waals surface area contributed by atoms with Gasteiger partial charge < -0.3 is 10.6 Å². The maximum Gasteiger partial charge on any atom is 0.251 e. The number of carbonyl (C=O) groups is 1. The van der Waals surface area contributed by atoms with Gasteiger partial charge in [0.15, 0.2) is 0 Å². The van der Waals surface area contributed by atoms with Gasteiger partial charge in [-0.3, -0.25) is 4.79 Å². The topological polar surface area (TPSA) is 41.1 Å². The van der Waals surface area contributed by atoms with E-state index in [1.54, 1.807) is 6.07 Å². The van der Waals surface area contributed by atoms with Crippen LogP contribution in [0.15, 0.2) is 45.3 Å². The molecule has 0 saturated heterocycles. The molecule has 3 rings (SSSR count). The summed E-state index contributed by atoms with van der Waals surface area (Å²) in [5.74, 6) is -0.0860. The van der Waals surface area contributed by atoms with Gasteiger partial charge in [0.2, 0.25) is 0 Å². The van der Waals surface area contributed by atoms with Crippen LogP contribution in [-0.2, 0) is 4.79 Å². The van der Waals surface area contributed by atoms with Crippen molar-refractivity contribution < 1.29 is 4.79 Å². The third-order valence-corrected chi connectivity index (χ3v) is 4.37. The summed E-state index contributed by atoms with van der Waals surface area (Å²) in [5, 5.41) is 6.60. The molecule has 1 atom stereocenters. The smallest absolute Gasteiger partial charge is 0.251 e. The number of hydrogen-bond acceptors (Lipinski definition) is 2. The van der Waals surface area contributed by atoms with Gasteiger partial charge in [0.05, 0.1) is 10.7 Å². The second kappa shape index (κ2) is 5.39. The molecule has 0 fully saturated rings. The number of hydrogen-bond donors (Lipinski definition) is 2. The summed E-state index contributed by atoms with van der Waals surface area (Å²) in [4.78, 5) is 12.1. The number of nitrogens with one attached hydrogen (secondary N) is 2. The van der Waals surface area contributed by atoms with E-state index in [0.717, 1.165) is 25.9 Å². The van der Waals surface area contributed by atoms with Crippen molar-refractivity contribution in [2.75, 3.05) is 10.6 Å². The molecule has 3 nitrogen and oxygen atoms in total. The quantitative estimate of drug-likeness (QED) is 0.726. The zero-order valence-corrected chi connectivity index (χ0v) is 14.0. The van der Waals surface area contributed by atoms with Gasteiger partial charge in [0.1, 0.15) is 6.04 Å². The fraction of sp³-hybridized carbons (Fsp3) is 0.0714. The summed E-state index contributed by atoms with van der Waals surface area (Å²) in [6, 6.07) is 10.8. The lowest BCUT2D eigenvalue weighted by molar-refractivity contribution is -0.116. The molecule has 1 heterocycles. The number of amides is 1. The molecule has 0 bridgehead atoms. The van der Waals surface area contributed by atoms with Crippen LogP contribution >= 0.6 is 43.5 Å². The lowest BCUT2D eigenvalue weighted by Gasteiger charge is -2.14. The number of benzene rings is 2. The lowest BCUT2D eigenvalue weighted by Crippen LogP contribution is -2.19. The Hall–Kier alpha value is -1.04. The molecule has 20 heavy (non-hydrogen) atoms. The van der Waals surface area contributed by atoms with E-state index in [4.69, 9.17) is 11.6 Å². The molecule has 1 aliphatic rings.